The lowest BCUT2D eigenvalue weighted by molar-refractivity contribution is -0.153. The molecule has 3 N–H and O–H groups in total. The van der Waals surface area contributed by atoms with Crippen LogP contribution in [0.25, 0.3) is 11.3 Å². The standard InChI is InChI=1S/C53H63F3N10O6S/c1-9-46(68)59-41-26-35(10-15-43(41)64-21-20-62(29-33(64)3)37-17-19-63(32(2)24-37)36-11-13-38(14-12-36)73(71,72)52(6,7)53(54,55)56)58-47-50(70)61(8)30-42(60-47)39-16-18-57-48(40(39)31-67)66-23-22-65-44(49(66)69)25-34-27-51(4,5)28-45(34)65/h9-16,18,25-26,30,32-33,37,67H,1,17,19-24,27-29,31H2,2-8H3,(H,58,60)(H,59,68)/t32-,33+,37?/m1/s1. The maximum Gasteiger partial charge on any atom is 0.408 e. The highest BCUT2D eigenvalue weighted by Crippen LogP contribution is 2.43. The third-order valence-corrected chi connectivity index (χ3v) is 17.8. The van der Waals surface area contributed by atoms with Gasteiger partial charge in [-0.1, -0.05) is 20.4 Å². The summed E-state index contributed by atoms with van der Waals surface area (Å²) < 4.78 is 67.5. The number of pyridine rings is 1. The van der Waals surface area contributed by atoms with Crippen molar-refractivity contribution in [3.63, 3.8) is 0 Å². The first kappa shape index (κ1) is 51.4. The number of piperidine rings is 1. The summed E-state index contributed by atoms with van der Waals surface area (Å²) in [4.78, 5) is 58.1. The predicted molar refractivity (Wildman–Crippen MR) is 276 cm³/mol. The Morgan fingerprint density at radius 3 is 2.37 bits per heavy atom. The first-order chi connectivity index (χ1) is 34.4. The number of alkyl halides is 3. The number of nitrogens with zero attached hydrogens (tertiary/aromatic N) is 8. The second kappa shape index (κ2) is 19.1. The molecule has 2 aromatic carbocycles. The maximum absolute atomic E-state index is 14.1. The minimum absolute atomic E-state index is 0.00231. The van der Waals surface area contributed by atoms with E-state index in [1.807, 2.05) is 18.2 Å². The van der Waals surface area contributed by atoms with Crippen LogP contribution in [-0.4, -0.2) is 111 Å². The number of hydrogen-bond acceptors (Lipinski definition) is 12. The number of benzene rings is 2. The number of anilines is 6. The molecule has 2 fully saturated rings. The fraction of sp³-hybridized carbons (Fsp3) is 0.453. The van der Waals surface area contributed by atoms with Crippen molar-refractivity contribution in [1.82, 2.24) is 24.0 Å². The Bertz CT molecular complexity index is 3170. The summed E-state index contributed by atoms with van der Waals surface area (Å²) in [5, 5.41) is 17.0. The highest BCUT2D eigenvalue weighted by Gasteiger charge is 2.57. The lowest BCUT2D eigenvalue weighted by Crippen LogP contribution is -2.58. The second-order valence-corrected chi connectivity index (χ2v) is 23.6. The van der Waals surface area contributed by atoms with E-state index in [4.69, 9.17) is 4.98 Å². The molecule has 3 atom stereocenters. The van der Waals surface area contributed by atoms with Gasteiger partial charge in [0.25, 0.3) is 11.5 Å². The van der Waals surface area contributed by atoms with Gasteiger partial charge in [0, 0.05) is 105 Å². The zero-order chi connectivity index (χ0) is 52.5. The van der Waals surface area contributed by atoms with Crippen LogP contribution < -0.4 is 30.9 Å². The Balaban J connectivity index is 0.895. The average molecular weight is 1030 g/mol. The summed E-state index contributed by atoms with van der Waals surface area (Å²) >= 11 is 0. The molecule has 2 saturated heterocycles. The van der Waals surface area contributed by atoms with Crippen LogP contribution in [0.4, 0.5) is 47.6 Å². The molecule has 0 bridgehead atoms. The maximum atomic E-state index is 14.1. The number of carbonyl (C=O) groups excluding carboxylic acids is 2. The first-order valence-electron chi connectivity index (χ1n) is 24.7. The van der Waals surface area contributed by atoms with E-state index in [9.17, 15) is 41.1 Å². The Morgan fingerprint density at radius 1 is 0.959 bits per heavy atom. The van der Waals surface area contributed by atoms with Crippen LogP contribution in [0.1, 0.15) is 81.7 Å². The van der Waals surface area contributed by atoms with Gasteiger partial charge in [0.2, 0.25) is 5.91 Å². The zero-order valence-electron chi connectivity index (χ0n) is 42.3. The Kier molecular flexibility index (Phi) is 13.4. The number of aryl methyl sites for hydroxylation is 1. The molecule has 0 saturated carbocycles. The number of carbonyl (C=O) groups is 2. The Morgan fingerprint density at radius 2 is 1.70 bits per heavy atom. The van der Waals surface area contributed by atoms with Crippen molar-refractivity contribution in [2.75, 3.05) is 58.1 Å². The number of sulfone groups is 1. The molecule has 2 amide bonds. The number of hydrogen-bond donors (Lipinski definition) is 3. The lowest BCUT2D eigenvalue weighted by Gasteiger charge is -2.48. The number of aliphatic hydroxyl groups is 1. The van der Waals surface area contributed by atoms with Gasteiger partial charge in [0.05, 0.1) is 28.6 Å². The SMILES string of the molecule is C=CC(=O)Nc1cc(Nc2nc(-c3ccnc(N4CCn5c(cc6c5CC(C)(C)C6)C4=O)c3CO)cn(C)c2=O)ccc1N1CCN(C2CCN(c3ccc(S(=O)(=O)C(C)(C)C(F)(F)F)cc3)[C@H](C)C2)C[C@@H]1C. The van der Waals surface area contributed by atoms with Crippen LogP contribution in [0.3, 0.4) is 0 Å². The van der Waals surface area contributed by atoms with E-state index in [0.29, 0.717) is 79.7 Å². The molecule has 0 spiro atoms. The Labute approximate surface area is 423 Å². The van der Waals surface area contributed by atoms with E-state index in [-0.39, 0.29) is 40.2 Å². The molecule has 6 heterocycles. The van der Waals surface area contributed by atoms with Gasteiger partial charge in [-0.2, -0.15) is 13.2 Å². The van der Waals surface area contributed by atoms with Gasteiger partial charge in [-0.3, -0.25) is 24.2 Å². The molecule has 1 aliphatic carbocycles. The smallest absolute Gasteiger partial charge is 0.392 e. The molecule has 4 aliphatic rings. The number of aliphatic hydroxyl groups excluding tert-OH is 1. The minimum Gasteiger partial charge on any atom is -0.392 e. The number of amides is 2. The Hall–Kier alpha value is -6.51. The second-order valence-electron chi connectivity index (χ2n) is 21.2. The first-order valence-corrected chi connectivity index (χ1v) is 26.1. The molecular weight excluding hydrogens is 962 g/mol. The number of rotatable bonds is 12. The van der Waals surface area contributed by atoms with E-state index in [2.05, 4.69) is 69.2 Å². The molecule has 5 aromatic rings. The van der Waals surface area contributed by atoms with Crippen LogP contribution in [0.15, 0.2) is 89.3 Å². The number of fused-ring (bicyclic) bond motifs is 3. The molecule has 16 nitrogen and oxygen atoms in total. The van der Waals surface area contributed by atoms with Gasteiger partial charge in [-0.05, 0) is 125 Å². The largest absolute Gasteiger partial charge is 0.408 e. The van der Waals surface area contributed by atoms with Crippen LogP contribution in [0.2, 0.25) is 0 Å². The van der Waals surface area contributed by atoms with Crippen LogP contribution in [0.5, 0.6) is 0 Å². The monoisotopic (exact) mass is 1020 g/mol. The number of nitrogens with one attached hydrogen (secondary N) is 2. The fourth-order valence-corrected chi connectivity index (χ4v) is 12.5. The lowest BCUT2D eigenvalue weighted by atomic mass is 9.90. The van der Waals surface area contributed by atoms with Gasteiger partial charge in [0.1, 0.15) is 11.5 Å². The topological polar surface area (TPSA) is 178 Å². The van der Waals surface area contributed by atoms with E-state index in [1.54, 1.807) is 48.6 Å². The normalized spacial score (nSPS) is 20.5. The van der Waals surface area contributed by atoms with Crippen LogP contribution in [0, 0.1) is 5.41 Å². The minimum atomic E-state index is -4.93. The van der Waals surface area contributed by atoms with E-state index >= 15 is 0 Å². The predicted octanol–water partition coefficient (Wildman–Crippen LogP) is 7.47. The number of halogens is 3. The molecule has 0 radical (unpaired) electrons. The molecule has 73 heavy (non-hydrogen) atoms. The summed E-state index contributed by atoms with van der Waals surface area (Å²) in [5.74, 6) is -0.280. The zero-order valence-corrected chi connectivity index (χ0v) is 43.1. The highest BCUT2D eigenvalue weighted by atomic mass is 32.2. The molecule has 20 heteroatoms. The van der Waals surface area contributed by atoms with Crippen LogP contribution in [-0.2, 0) is 47.7 Å². The number of aromatic nitrogens is 4. The quantitative estimate of drug-likeness (QED) is 0.105. The fourth-order valence-electron chi connectivity index (χ4n) is 11.1. The van der Waals surface area contributed by atoms with Crippen molar-refractivity contribution >= 4 is 56.0 Å². The molecular formula is C53H63F3N10O6S. The summed E-state index contributed by atoms with van der Waals surface area (Å²) in [5.41, 5.74) is 6.51. The van der Waals surface area contributed by atoms with Crippen LogP contribution >= 0.6 is 0 Å². The van der Waals surface area contributed by atoms with Gasteiger partial charge in [-0.25, -0.2) is 18.4 Å². The summed E-state index contributed by atoms with van der Waals surface area (Å²) in [7, 11) is -3.07. The van der Waals surface area contributed by atoms with Gasteiger partial charge < -0.3 is 34.7 Å². The molecule has 9 rings (SSSR count). The van der Waals surface area contributed by atoms with Gasteiger partial charge in [0.15, 0.2) is 20.4 Å². The summed E-state index contributed by atoms with van der Waals surface area (Å²) in [6.45, 7) is 17.0. The summed E-state index contributed by atoms with van der Waals surface area (Å²) in [6.07, 6.45) is 2.86. The van der Waals surface area contributed by atoms with Gasteiger partial charge >= 0.3 is 6.18 Å². The van der Waals surface area contributed by atoms with Crippen molar-refractivity contribution in [2.24, 2.45) is 12.5 Å². The number of piperazine rings is 1. The highest BCUT2D eigenvalue weighted by molar-refractivity contribution is 7.92. The van der Waals surface area contributed by atoms with E-state index in [1.165, 1.54) is 34.0 Å². The van der Waals surface area contributed by atoms with E-state index < -0.39 is 38.8 Å². The van der Waals surface area contributed by atoms with Crippen molar-refractivity contribution < 1.29 is 36.3 Å². The van der Waals surface area contributed by atoms with Crippen molar-refractivity contribution in [3.8, 4) is 11.3 Å². The van der Waals surface area contributed by atoms with Crippen molar-refractivity contribution in [3.05, 3.63) is 113 Å². The molecule has 3 aromatic heterocycles. The molecule has 3 aliphatic heterocycles. The molecule has 388 valence electrons. The molecule has 1 unspecified atom stereocenters. The summed E-state index contributed by atoms with van der Waals surface area (Å²) in [6, 6.07) is 15.2. The third-order valence-electron chi connectivity index (χ3n) is 15.3. The van der Waals surface area contributed by atoms with Crippen molar-refractivity contribution in [1.29, 1.82) is 0 Å². The average Bonchev–Trinajstić information content (AvgIpc) is 3.84. The van der Waals surface area contributed by atoms with Gasteiger partial charge in [-0.15, -0.1) is 0 Å². The van der Waals surface area contributed by atoms with E-state index in [0.717, 1.165) is 50.1 Å². The van der Waals surface area contributed by atoms with Crippen molar-refractivity contribution in [2.45, 2.75) is 114 Å². The third kappa shape index (κ3) is 9.41.